The highest BCUT2D eigenvalue weighted by Crippen LogP contribution is 2.23. The summed E-state index contributed by atoms with van der Waals surface area (Å²) in [6.07, 6.45) is 0.901. The highest BCUT2D eigenvalue weighted by molar-refractivity contribution is 7.14. The Labute approximate surface area is 127 Å². The van der Waals surface area contributed by atoms with Crippen LogP contribution < -0.4 is 5.32 Å². The second-order valence-corrected chi connectivity index (χ2v) is 6.02. The number of thiophene rings is 1. The van der Waals surface area contributed by atoms with E-state index in [0.717, 1.165) is 6.42 Å². The van der Waals surface area contributed by atoms with Crippen LogP contribution in [-0.2, 0) is 17.6 Å². The molecule has 0 aliphatic heterocycles. The van der Waals surface area contributed by atoms with Gasteiger partial charge in [-0.3, -0.25) is 9.59 Å². The first kappa shape index (κ1) is 15.3. The van der Waals surface area contributed by atoms with Gasteiger partial charge in [0.15, 0.2) is 0 Å². The molecule has 0 radical (unpaired) electrons. The Morgan fingerprint density at radius 3 is 2.43 bits per heavy atom. The van der Waals surface area contributed by atoms with Crippen molar-refractivity contribution in [1.82, 2.24) is 0 Å². The molecule has 21 heavy (non-hydrogen) atoms. The molecular weight excluding hydrogens is 286 g/mol. The maximum Gasteiger partial charge on any atom is 0.307 e. The van der Waals surface area contributed by atoms with Gasteiger partial charge in [0, 0.05) is 10.6 Å². The molecule has 1 heterocycles. The molecule has 0 saturated heterocycles. The van der Waals surface area contributed by atoms with Gasteiger partial charge in [-0.25, -0.2) is 0 Å². The molecule has 0 aliphatic carbocycles. The van der Waals surface area contributed by atoms with Gasteiger partial charge in [0.05, 0.1) is 11.3 Å². The Balaban J connectivity index is 2.06. The summed E-state index contributed by atoms with van der Waals surface area (Å²) < 4.78 is 0. The number of carboxylic acid groups (broad SMARTS) is 1. The van der Waals surface area contributed by atoms with Crippen LogP contribution in [0.3, 0.4) is 0 Å². The summed E-state index contributed by atoms with van der Waals surface area (Å²) in [4.78, 5) is 24.6. The van der Waals surface area contributed by atoms with Crippen LogP contribution >= 0.6 is 11.3 Å². The molecule has 2 rings (SSSR count). The second-order valence-electron chi connectivity index (χ2n) is 4.77. The SMILES string of the molecule is CCc1cc(C(=O)Nc2ccc(CC(=O)O)cc2)sc1C. The van der Waals surface area contributed by atoms with Gasteiger partial charge < -0.3 is 10.4 Å². The fourth-order valence-corrected chi connectivity index (χ4v) is 3.07. The van der Waals surface area contributed by atoms with Crippen molar-refractivity contribution in [1.29, 1.82) is 0 Å². The average molecular weight is 303 g/mol. The maximum atomic E-state index is 12.2. The Morgan fingerprint density at radius 1 is 1.24 bits per heavy atom. The van der Waals surface area contributed by atoms with Crippen LogP contribution in [0.15, 0.2) is 30.3 Å². The monoisotopic (exact) mass is 303 g/mol. The molecule has 1 aromatic carbocycles. The molecule has 0 spiro atoms. The van der Waals surface area contributed by atoms with Gasteiger partial charge in [-0.15, -0.1) is 11.3 Å². The zero-order valence-corrected chi connectivity index (χ0v) is 12.8. The molecule has 0 fully saturated rings. The number of anilines is 1. The molecule has 2 aromatic rings. The normalized spacial score (nSPS) is 10.4. The zero-order chi connectivity index (χ0) is 15.4. The van der Waals surface area contributed by atoms with Gasteiger partial charge in [-0.1, -0.05) is 19.1 Å². The summed E-state index contributed by atoms with van der Waals surface area (Å²) >= 11 is 1.49. The van der Waals surface area contributed by atoms with Crippen LogP contribution in [0, 0.1) is 6.92 Å². The minimum atomic E-state index is -0.868. The van der Waals surface area contributed by atoms with E-state index in [1.807, 2.05) is 13.0 Å². The third-order valence-corrected chi connectivity index (χ3v) is 4.28. The fraction of sp³-hybridized carbons (Fsp3) is 0.250. The summed E-state index contributed by atoms with van der Waals surface area (Å²) in [5.41, 5.74) is 2.57. The van der Waals surface area contributed by atoms with Crippen molar-refractivity contribution >= 4 is 28.9 Å². The average Bonchev–Trinajstić information content (AvgIpc) is 2.82. The highest BCUT2D eigenvalue weighted by Gasteiger charge is 2.12. The van der Waals surface area contributed by atoms with Crippen molar-refractivity contribution in [2.45, 2.75) is 26.7 Å². The second kappa shape index (κ2) is 6.54. The van der Waals surface area contributed by atoms with Gasteiger partial charge in [0.2, 0.25) is 0 Å². The molecule has 0 saturated carbocycles. The predicted octanol–water partition coefficient (Wildman–Crippen LogP) is 3.50. The van der Waals surface area contributed by atoms with E-state index in [1.54, 1.807) is 24.3 Å². The van der Waals surface area contributed by atoms with E-state index in [9.17, 15) is 9.59 Å². The number of hydrogen-bond acceptors (Lipinski definition) is 3. The summed E-state index contributed by atoms with van der Waals surface area (Å²) in [7, 11) is 0. The third kappa shape index (κ3) is 3.92. The van der Waals surface area contributed by atoms with E-state index < -0.39 is 5.97 Å². The number of hydrogen-bond donors (Lipinski definition) is 2. The van der Waals surface area contributed by atoms with Crippen molar-refractivity contribution in [3.8, 4) is 0 Å². The number of nitrogens with one attached hydrogen (secondary N) is 1. The first-order valence-corrected chi connectivity index (χ1v) is 7.52. The molecule has 1 amide bonds. The smallest absolute Gasteiger partial charge is 0.307 e. The van der Waals surface area contributed by atoms with Crippen LogP contribution in [0.2, 0.25) is 0 Å². The molecule has 0 unspecified atom stereocenters. The zero-order valence-electron chi connectivity index (χ0n) is 12.0. The Hall–Kier alpha value is -2.14. The lowest BCUT2D eigenvalue weighted by Gasteiger charge is -2.04. The topological polar surface area (TPSA) is 66.4 Å². The Bertz CT molecular complexity index is 659. The number of benzene rings is 1. The van der Waals surface area contributed by atoms with Crippen LogP contribution in [-0.4, -0.2) is 17.0 Å². The lowest BCUT2D eigenvalue weighted by Crippen LogP contribution is -2.10. The number of carbonyl (C=O) groups excluding carboxylic acids is 1. The van der Waals surface area contributed by atoms with Crippen molar-refractivity contribution in [3.63, 3.8) is 0 Å². The van der Waals surface area contributed by atoms with Crippen molar-refractivity contribution in [2.75, 3.05) is 5.32 Å². The lowest BCUT2D eigenvalue weighted by atomic mass is 10.1. The van der Waals surface area contributed by atoms with Gasteiger partial charge in [-0.2, -0.15) is 0 Å². The first-order valence-electron chi connectivity index (χ1n) is 6.71. The van der Waals surface area contributed by atoms with E-state index in [4.69, 9.17) is 5.11 Å². The van der Waals surface area contributed by atoms with E-state index in [-0.39, 0.29) is 12.3 Å². The Morgan fingerprint density at radius 2 is 1.90 bits per heavy atom. The Kier molecular flexibility index (Phi) is 4.75. The predicted molar refractivity (Wildman–Crippen MR) is 84.2 cm³/mol. The molecule has 1 aromatic heterocycles. The standard InChI is InChI=1S/C16H17NO3S/c1-3-12-9-14(21-10(12)2)16(20)17-13-6-4-11(5-7-13)8-15(18)19/h4-7,9H,3,8H2,1-2H3,(H,17,20)(H,18,19). The van der Waals surface area contributed by atoms with Gasteiger partial charge in [0.25, 0.3) is 5.91 Å². The van der Waals surface area contributed by atoms with E-state index >= 15 is 0 Å². The molecule has 110 valence electrons. The summed E-state index contributed by atoms with van der Waals surface area (Å²) in [5.74, 6) is -0.998. The highest BCUT2D eigenvalue weighted by atomic mass is 32.1. The lowest BCUT2D eigenvalue weighted by molar-refractivity contribution is -0.136. The quantitative estimate of drug-likeness (QED) is 0.888. The summed E-state index contributed by atoms with van der Waals surface area (Å²) in [6.45, 7) is 4.08. The van der Waals surface area contributed by atoms with Crippen molar-refractivity contribution < 1.29 is 14.7 Å². The molecular formula is C16H17NO3S. The van der Waals surface area contributed by atoms with Gasteiger partial charge >= 0.3 is 5.97 Å². The first-order chi connectivity index (χ1) is 9.99. The number of amides is 1. The number of carboxylic acids is 1. The molecule has 0 aliphatic rings. The van der Waals surface area contributed by atoms with Crippen LogP contribution in [0.1, 0.15) is 32.6 Å². The number of rotatable bonds is 5. The minimum absolute atomic E-state index is 0.0157. The van der Waals surface area contributed by atoms with Crippen LogP contribution in [0.4, 0.5) is 5.69 Å². The molecule has 5 heteroatoms. The van der Waals surface area contributed by atoms with Crippen LogP contribution in [0.5, 0.6) is 0 Å². The fourth-order valence-electron chi connectivity index (χ4n) is 2.06. The molecule has 2 N–H and O–H groups in total. The van der Waals surface area contributed by atoms with Gasteiger partial charge in [-0.05, 0) is 42.7 Å². The molecule has 4 nitrogen and oxygen atoms in total. The van der Waals surface area contributed by atoms with E-state index in [0.29, 0.717) is 16.1 Å². The van der Waals surface area contributed by atoms with E-state index in [2.05, 4.69) is 12.2 Å². The maximum absolute atomic E-state index is 12.2. The largest absolute Gasteiger partial charge is 0.481 e. The molecule has 0 atom stereocenters. The van der Waals surface area contributed by atoms with Gasteiger partial charge in [0.1, 0.15) is 0 Å². The number of carbonyl (C=O) groups is 2. The van der Waals surface area contributed by atoms with Crippen molar-refractivity contribution in [3.05, 3.63) is 51.2 Å². The van der Waals surface area contributed by atoms with Crippen LogP contribution in [0.25, 0.3) is 0 Å². The molecule has 0 bridgehead atoms. The minimum Gasteiger partial charge on any atom is -0.481 e. The third-order valence-electron chi connectivity index (χ3n) is 3.19. The number of aliphatic carboxylic acids is 1. The summed E-state index contributed by atoms with van der Waals surface area (Å²) in [6, 6.07) is 8.78. The van der Waals surface area contributed by atoms with E-state index in [1.165, 1.54) is 21.8 Å². The number of aryl methyl sites for hydroxylation is 2. The van der Waals surface area contributed by atoms with Crippen molar-refractivity contribution in [2.24, 2.45) is 0 Å². The summed E-state index contributed by atoms with van der Waals surface area (Å²) in [5, 5.41) is 11.5.